The third kappa shape index (κ3) is 6.56. The fourth-order valence-corrected chi connectivity index (χ4v) is 12.4. The molecule has 0 spiro atoms. The summed E-state index contributed by atoms with van der Waals surface area (Å²) in [6, 6.07) is 84.9. The van der Waals surface area contributed by atoms with Gasteiger partial charge in [0.25, 0.3) is 0 Å². The van der Waals surface area contributed by atoms with Crippen LogP contribution in [0.3, 0.4) is 0 Å². The van der Waals surface area contributed by atoms with Crippen LogP contribution in [-0.4, -0.2) is 11.5 Å². The van der Waals surface area contributed by atoms with Gasteiger partial charge in [-0.3, -0.25) is 0 Å². The molecule has 14 rings (SSSR count). The standard InChI is InChI=1S/C67H42N2OS/c1-42-37-60(46-21-15-24-50(38-46)67(49-22-9-4-10-23-49)58-29-13-11-25-52(58)53-26-12-14-30-59(53)67)68-66(48-33-36-62-57(40-48)54-34-31-45(41-63(54)71-62)43-17-5-2-6-18-43)69-64(42)47-32-35-61-56(39-47)55-28-16-27-51(65(55)70-61)44-19-7-3-8-20-44/h2-41H,1H2. The molecule has 0 saturated carbocycles. The van der Waals surface area contributed by atoms with Gasteiger partial charge in [-0.2, -0.15) is 0 Å². The number of nitrogens with zero attached hydrogens (tertiary/aromatic N) is 2. The van der Waals surface area contributed by atoms with Crippen LogP contribution < -0.4 is 0 Å². The van der Waals surface area contributed by atoms with Crippen molar-refractivity contribution in [3.63, 3.8) is 0 Å². The number of para-hydroxylation sites is 1. The van der Waals surface area contributed by atoms with Gasteiger partial charge in [0, 0.05) is 53.2 Å². The van der Waals surface area contributed by atoms with Gasteiger partial charge in [-0.15, -0.1) is 11.3 Å². The van der Waals surface area contributed by atoms with E-state index in [2.05, 4.69) is 237 Å². The van der Waals surface area contributed by atoms with Crippen molar-refractivity contribution in [2.45, 2.75) is 5.41 Å². The molecule has 332 valence electrons. The number of benzene rings is 10. The van der Waals surface area contributed by atoms with Crippen molar-refractivity contribution in [3.8, 4) is 33.4 Å². The second-order valence-corrected chi connectivity index (χ2v) is 19.6. The number of fused-ring (bicyclic) bond motifs is 9. The fraction of sp³-hybridized carbons (Fsp3) is 0.0149. The molecule has 1 aliphatic heterocycles. The summed E-state index contributed by atoms with van der Waals surface area (Å²) in [4.78, 5) is 11.1. The highest BCUT2D eigenvalue weighted by atomic mass is 32.1. The lowest BCUT2D eigenvalue weighted by Gasteiger charge is -2.34. The van der Waals surface area contributed by atoms with Crippen LogP contribution in [0.25, 0.3) is 81.2 Å². The van der Waals surface area contributed by atoms with Gasteiger partial charge in [0.1, 0.15) is 11.2 Å². The monoisotopic (exact) mass is 922 g/mol. The lowest BCUT2D eigenvalue weighted by molar-refractivity contribution is 0.670. The topological polar surface area (TPSA) is 37.9 Å². The van der Waals surface area contributed by atoms with E-state index in [4.69, 9.17) is 21.0 Å². The van der Waals surface area contributed by atoms with E-state index in [-0.39, 0.29) is 0 Å². The molecular formula is C67H42N2OS. The van der Waals surface area contributed by atoms with Gasteiger partial charge >= 0.3 is 0 Å². The molecule has 2 aliphatic rings. The van der Waals surface area contributed by atoms with Crippen LogP contribution in [0.1, 0.15) is 38.9 Å². The number of furan rings is 1. The third-order valence-corrected chi connectivity index (χ3v) is 15.6. The average Bonchev–Trinajstić information content (AvgIpc) is 4.05. The molecule has 0 radical (unpaired) electrons. The largest absolute Gasteiger partial charge is 0.455 e. The van der Waals surface area contributed by atoms with E-state index in [0.717, 1.165) is 66.7 Å². The summed E-state index contributed by atoms with van der Waals surface area (Å²) in [5.74, 6) is 0.621. The number of hydrogen-bond donors (Lipinski definition) is 0. The Morgan fingerprint density at radius 3 is 1.79 bits per heavy atom. The minimum Gasteiger partial charge on any atom is -0.455 e. The molecule has 10 aromatic carbocycles. The molecule has 0 saturated heterocycles. The molecule has 12 aromatic rings. The summed E-state index contributed by atoms with van der Waals surface area (Å²) in [5.41, 5.74) is 18.3. The van der Waals surface area contributed by atoms with Crippen molar-refractivity contribution in [2.24, 2.45) is 9.98 Å². The molecule has 2 aromatic heterocycles. The summed E-state index contributed by atoms with van der Waals surface area (Å²) in [5, 5.41) is 4.47. The molecule has 3 heterocycles. The van der Waals surface area contributed by atoms with Crippen LogP contribution in [0.15, 0.2) is 269 Å². The zero-order chi connectivity index (χ0) is 47.0. The first-order valence-corrected chi connectivity index (χ1v) is 24.9. The number of rotatable bonds is 7. The second kappa shape index (κ2) is 16.3. The van der Waals surface area contributed by atoms with Crippen LogP contribution in [0, 0.1) is 0 Å². The van der Waals surface area contributed by atoms with Crippen LogP contribution >= 0.6 is 11.3 Å². The molecule has 0 amide bonds. The van der Waals surface area contributed by atoms with Crippen molar-refractivity contribution in [3.05, 3.63) is 294 Å². The van der Waals surface area contributed by atoms with Crippen molar-refractivity contribution in [1.29, 1.82) is 0 Å². The van der Waals surface area contributed by atoms with Crippen molar-refractivity contribution in [2.75, 3.05) is 0 Å². The highest BCUT2D eigenvalue weighted by Gasteiger charge is 2.46. The number of allylic oxidation sites excluding steroid dienone is 2. The molecule has 71 heavy (non-hydrogen) atoms. The minimum absolute atomic E-state index is 0.560. The van der Waals surface area contributed by atoms with E-state index in [9.17, 15) is 0 Å². The maximum absolute atomic E-state index is 6.64. The SMILES string of the molecule is C=C1C=C(c2cccc(C3(c4ccccc4)c4ccccc4-c4ccccc43)c2)N=C(c2ccc3sc4cc(-c5ccccc5)ccc4c3c2)N=C1c1ccc2oc3c(-c4ccccc4)cccc3c2c1. The Labute approximate surface area is 415 Å². The van der Waals surface area contributed by atoms with E-state index in [1.807, 2.05) is 17.4 Å². The number of aliphatic imine (C=N–C) groups is 2. The predicted octanol–water partition coefficient (Wildman–Crippen LogP) is 17.5. The lowest BCUT2D eigenvalue weighted by atomic mass is 9.67. The quantitative estimate of drug-likeness (QED) is 0.157. The Morgan fingerprint density at radius 2 is 1.01 bits per heavy atom. The molecule has 0 atom stereocenters. The summed E-state index contributed by atoms with van der Waals surface area (Å²) in [6.45, 7) is 4.75. The fourth-order valence-electron chi connectivity index (χ4n) is 11.3. The first-order chi connectivity index (χ1) is 35.1. The van der Waals surface area contributed by atoms with Crippen LogP contribution in [0.5, 0.6) is 0 Å². The lowest BCUT2D eigenvalue weighted by Crippen LogP contribution is -2.28. The van der Waals surface area contributed by atoms with Gasteiger partial charge in [-0.05, 0) is 110 Å². The normalized spacial score (nSPS) is 14.0. The Morgan fingerprint density at radius 1 is 0.394 bits per heavy atom. The Balaban J connectivity index is 0.951. The molecule has 4 heteroatoms. The summed E-state index contributed by atoms with van der Waals surface area (Å²) in [6.07, 6.45) is 2.12. The van der Waals surface area contributed by atoms with E-state index in [1.54, 1.807) is 0 Å². The van der Waals surface area contributed by atoms with Crippen LogP contribution in [0.2, 0.25) is 0 Å². The zero-order valence-electron chi connectivity index (χ0n) is 38.5. The molecular weight excluding hydrogens is 881 g/mol. The van der Waals surface area contributed by atoms with Crippen molar-refractivity contribution < 1.29 is 4.42 Å². The molecule has 0 bridgehead atoms. The third-order valence-electron chi connectivity index (χ3n) is 14.5. The minimum atomic E-state index is -0.560. The summed E-state index contributed by atoms with van der Waals surface area (Å²) < 4.78 is 9.10. The maximum Gasteiger partial charge on any atom is 0.160 e. The highest BCUT2D eigenvalue weighted by Crippen LogP contribution is 2.56. The van der Waals surface area contributed by atoms with E-state index < -0.39 is 5.41 Å². The number of hydrogen-bond acceptors (Lipinski definition) is 4. The molecule has 0 fully saturated rings. The first kappa shape index (κ1) is 41.1. The van der Waals surface area contributed by atoms with Gasteiger partial charge in [0.05, 0.1) is 16.8 Å². The Hall–Kier alpha value is -8.96. The van der Waals surface area contributed by atoms with Gasteiger partial charge in [0.2, 0.25) is 0 Å². The van der Waals surface area contributed by atoms with Gasteiger partial charge in [0.15, 0.2) is 5.84 Å². The molecule has 3 nitrogen and oxygen atoms in total. The molecule has 0 unspecified atom stereocenters. The first-order valence-electron chi connectivity index (χ1n) is 24.1. The summed E-state index contributed by atoms with van der Waals surface area (Å²) >= 11 is 1.82. The summed E-state index contributed by atoms with van der Waals surface area (Å²) in [7, 11) is 0. The maximum atomic E-state index is 6.64. The van der Waals surface area contributed by atoms with Gasteiger partial charge in [-0.25, -0.2) is 9.98 Å². The number of amidine groups is 1. The predicted molar refractivity (Wildman–Crippen MR) is 298 cm³/mol. The Bertz CT molecular complexity index is 4180. The van der Waals surface area contributed by atoms with E-state index >= 15 is 0 Å². The van der Waals surface area contributed by atoms with Crippen molar-refractivity contribution >= 4 is 70.7 Å². The highest BCUT2D eigenvalue weighted by molar-refractivity contribution is 7.25. The zero-order valence-corrected chi connectivity index (χ0v) is 39.3. The average molecular weight is 923 g/mol. The van der Waals surface area contributed by atoms with Gasteiger partial charge < -0.3 is 4.42 Å². The second-order valence-electron chi connectivity index (χ2n) is 18.5. The van der Waals surface area contributed by atoms with E-state index in [1.165, 1.54) is 64.7 Å². The van der Waals surface area contributed by atoms with Gasteiger partial charge in [-0.1, -0.05) is 195 Å². The van der Waals surface area contributed by atoms with E-state index in [0.29, 0.717) is 5.84 Å². The van der Waals surface area contributed by atoms with Crippen molar-refractivity contribution in [1.82, 2.24) is 0 Å². The van der Waals surface area contributed by atoms with Crippen LogP contribution in [-0.2, 0) is 5.41 Å². The Kier molecular flexibility index (Phi) is 9.45. The molecule has 1 aliphatic carbocycles. The number of thiophene rings is 1. The smallest absolute Gasteiger partial charge is 0.160 e. The molecule has 0 N–H and O–H groups in total. The van der Waals surface area contributed by atoms with Crippen LogP contribution in [0.4, 0.5) is 0 Å².